The number of hydrogen-bond donors (Lipinski definition) is 2. The predicted octanol–water partition coefficient (Wildman–Crippen LogP) is 3.67. The second kappa shape index (κ2) is 10.8. The molecule has 10 heteroatoms. The molecular formula is C26H35N7O3. The summed E-state index contributed by atoms with van der Waals surface area (Å²) in [6.07, 6.45) is 9.38. The third-order valence-electron chi connectivity index (χ3n) is 7.03. The van der Waals surface area contributed by atoms with Crippen molar-refractivity contribution in [3.63, 3.8) is 0 Å². The van der Waals surface area contributed by atoms with Gasteiger partial charge in [0.2, 0.25) is 5.95 Å². The third-order valence-corrected chi connectivity index (χ3v) is 7.03. The van der Waals surface area contributed by atoms with Crippen LogP contribution in [0.4, 0.5) is 17.6 Å². The number of hydrogen-bond acceptors (Lipinski definition) is 8. The molecule has 2 fully saturated rings. The predicted molar refractivity (Wildman–Crippen MR) is 139 cm³/mol. The summed E-state index contributed by atoms with van der Waals surface area (Å²) in [5.74, 6) is 1.99. The molecule has 0 saturated carbocycles. The molecule has 3 aromatic rings. The van der Waals surface area contributed by atoms with Gasteiger partial charge in [0.05, 0.1) is 17.2 Å². The first-order chi connectivity index (χ1) is 17.5. The fourth-order valence-corrected chi connectivity index (χ4v) is 4.92. The molecule has 1 amide bonds. The van der Waals surface area contributed by atoms with Crippen molar-refractivity contribution in [3.05, 3.63) is 36.3 Å². The summed E-state index contributed by atoms with van der Waals surface area (Å²) in [6.45, 7) is 7.32. The molecule has 0 atom stereocenters. The lowest BCUT2D eigenvalue weighted by Crippen LogP contribution is -2.38. The summed E-state index contributed by atoms with van der Waals surface area (Å²) < 4.78 is 13.0. The maximum atomic E-state index is 13.1. The van der Waals surface area contributed by atoms with Gasteiger partial charge in [0.15, 0.2) is 0 Å². The maximum Gasteiger partial charge on any atom is 0.253 e. The zero-order chi connectivity index (χ0) is 25.1. The lowest BCUT2D eigenvalue weighted by Gasteiger charge is -2.31. The van der Waals surface area contributed by atoms with E-state index in [1.54, 1.807) is 19.5 Å². The van der Waals surface area contributed by atoms with Crippen LogP contribution in [-0.4, -0.2) is 71.0 Å². The number of carbonyl (C=O) groups is 1. The molecule has 0 unspecified atom stereocenters. The summed E-state index contributed by atoms with van der Waals surface area (Å²) in [4.78, 5) is 29.1. The molecular weight excluding hydrogens is 458 g/mol. The smallest absolute Gasteiger partial charge is 0.253 e. The molecule has 192 valence electrons. The second-order valence-electron chi connectivity index (χ2n) is 9.78. The van der Waals surface area contributed by atoms with E-state index >= 15 is 0 Å². The standard InChI is InChI=1S/C26H35N7O3/c1-17(2)33-16-21(25(34)29-18-7-12-36-13-8-18)20-15-28-24(14-22(20)33)30-23-4-9-27-26(31-23)32-10-5-19(35-3)6-11-32/h4,9,14-19H,5-8,10-13H2,1-3H3,(H,29,34)(H,27,28,30,31). The molecule has 0 aromatic carbocycles. The number of ether oxygens (including phenoxy) is 2. The number of fused-ring (bicyclic) bond motifs is 1. The molecule has 0 spiro atoms. The van der Waals surface area contributed by atoms with Crippen LogP contribution < -0.4 is 15.5 Å². The molecule has 0 bridgehead atoms. The normalized spacial score (nSPS) is 17.6. The van der Waals surface area contributed by atoms with Crippen LogP contribution in [0.2, 0.25) is 0 Å². The highest BCUT2D eigenvalue weighted by molar-refractivity contribution is 6.07. The largest absolute Gasteiger partial charge is 0.381 e. The van der Waals surface area contributed by atoms with Crippen molar-refractivity contribution < 1.29 is 14.3 Å². The number of nitrogens with zero attached hydrogens (tertiary/aromatic N) is 5. The summed E-state index contributed by atoms with van der Waals surface area (Å²) >= 11 is 0. The molecule has 2 aliphatic heterocycles. The number of carbonyl (C=O) groups excluding carboxylic acids is 1. The summed E-state index contributed by atoms with van der Waals surface area (Å²) in [5, 5.41) is 7.33. The number of amides is 1. The quantitative estimate of drug-likeness (QED) is 0.514. The van der Waals surface area contributed by atoms with Gasteiger partial charge in [-0.15, -0.1) is 0 Å². The fourth-order valence-electron chi connectivity index (χ4n) is 4.92. The van der Waals surface area contributed by atoms with E-state index in [1.165, 1.54) is 0 Å². The van der Waals surface area contributed by atoms with Gasteiger partial charge in [0.1, 0.15) is 11.6 Å². The minimum atomic E-state index is -0.0634. The number of methoxy groups -OCH3 is 1. The van der Waals surface area contributed by atoms with Crippen LogP contribution in [0, 0.1) is 0 Å². The lowest BCUT2D eigenvalue weighted by atomic mass is 10.1. The Morgan fingerprint density at radius 2 is 1.92 bits per heavy atom. The van der Waals surface area contributed by atoms with Gasteiger partial charge in [-0.1, -0.05) is 0 Å². The first-order valence-electron chi connectivity index (χ1n) is 12.8. The van der Waals surface area contributed by atoms with Crippen LogP contribution in [0.3, 0.4) is 0 Å². The van der Waals surface area contributed by atoms with Crippen LogP contribution >= 0.6 is 0 Å². The van der Waals surface area contributed by atoms with Gasteiger partial charge in [-0.3, -0.25) is 4.79 Å². The van der Waals surface area contributed by atoms with E-state index in [4.69, 9.17) is 14.5 Å². The SMILES string of the molecule is COC1CCN(c2nccc(Nc3cc4c(cn3)c(C(=O)NC3CCOCC3)cn4C(C)C)n2)CC1. The van der Waals surface area contributed by atoms with Crippen molar-refractivity contribution in [1.29, 1.82) is 0 Å². The molecule has 2 N–H and O–H groups in total. The lowest BCUT2D eigenvalue weighted by molar-refractivity contribution is 0.0697. The topological polar surface area (TPSA) is 106 Å². The molecule has 0 radical (unpaired) electrons. The van der Waals surface area contributed by atoms with E-state index in [9.17, 15) is 4.79 Å². The van der Waals surface area contributed by atoms with Crippen LogP contribution in [0.25, 0.3) is 10.9 Å². The van der Waals surface area contributed by atoms with Crippen molar-refractivity contribution in [2.24, 2.45) is 0 Å². The number of piperidine rings is 1. The highest BCUT2D eigenvalue weighted by atomic mass is 16.5. The van der Waals surface area contributed by atoms with Gasteiger partial charge in [-0.25, -0.2) is 9.97 Å². The number of pyridine rings is 1. The van der Waals surface area contributed by atoms with Crippen molar-refractivity contribution >= 4 is 34.4 Å². The van der Waals surface area contributed by atoms with Gasteiger partial charge >= 0.3 is 0 Å². The van der Waals surface area contributed by atoms with Crippen molar-refractivity contribution in [2.75, 3.05) is 43.6 Å². The Labute approximate surface area is 211 Å². The van der Waals surface area contributed by atoms with Gasteiger partial charge in [-0.2, -0.15) is 4.98 Å². The monoisotopic (exact) mass is 493 g/mol. The van der Waals surface area contributed by atoms with Gasteiger partial charge < -0.3 is 29.6 Å². The zero-order valence-corrected chi connectivity index (χ0v) is 21.2. The molecule has 10 nitrogen and oxygen atoms in total. The highest BCUT2D eigenvalue weighted by Crippen LogP contribution is 2.28. The van der Waals surface area contributed by atoms with E-state index < -0.39 is 0 Å². The second-order valence-corrected chi connectivity index (χ2v) is 9.78. The van der Waals surface area contributed by atoms with E-state index in [2.05, 4.69) is 43.9 Å². The Kier molecular flexibility index (Phi) is 7.33. The molecule has 2 aliphatic rings. The Morgan fingerprint density at radius 3 is 2.64 bits per heavy atom. The Hall–Kier alpha value is -3.24. The first kappa shape index (κ1) is 24.5. The molecule has 2 saturated heterocycles. The average molecular weight is 494 g/mol. The number of anilines is 3. The van der Waals surface area contributed by atoms with E-state index in [1.807, 2.05) is 18.3 Å². The van der Waals surface area contributed by atoms with Gasteiger partial charge in [0.25, 0.3) is 5.91 Å². The molecule has 0 aliphatic carbocycles. The van der Waals surface area contributed by atoms with Crippen LogP contribution in [0.15, 0.2) is 30.7 Å². The Bertz CT molecular complexity index is 1200. The maximum absolute atomic E-state index is 13.1. The first-order valence-corrected chi connectivity index (χ1v) is 12.8. The van der Waals surface area contributed by atoms with E-state index in [0.717, 1.165) is 49.7 Å². The number of rotatable bonds is 7. The Morgan fingerprint density at radius 1 is 1.14 bits per heavy atom. The van der Waals surface area contributed by atoms with Crippen LogP contribution in [0.1, 0.15) is 55.9 Å². The molecule has 36 heavy (non-hydrogen) atoms. The van der Waals surface area contributed by atoms with E-state index in [-0.39, 0.29) is 18.0 Å². The van der Waals surface area contributed by atoms with Gasteiger partial charge in [0, 0.05) is 75.5 Å². The summed E-state index contributed by atoms with van der Waals surface area (Å²) in [7, 11) is 1.77. The van der Waals surface area contributed by atoms with Crippen molar-refractivity contribution in [1.82, 2.24) is 24.8 Å². The average Bonchev–Trinajstić information content (AvgIpc) is 3.29. The minimum absolute atomic E-state index is 0.0634. The van der Waals surface area contributed by atoms with E-state index in [0.29, 0.717) is 42.5 Å². The van der Waals surface area contributed by atoms with Crippen LogP contribution in [-0.2, 0) is 9.47 Å². The van der Waals surface area contributed by atoms with Crippen molar-refractivity contribution in [3.8, 4) is 0 Å². The minimum Gasteiger partial charge on any atom is -0.381 e. The third kappa shape index (κ3) is 5.29. The summed E-state index contributed by atoms with van der Waals surface area (Å²) in [6, 6.07) is 4.15. The Balaban J connectivity index is 1.36. The molecule has 5 heterocycles. The number of nitrogens with one attached hydrogen (secondary N) is 2. The fraction of sp³-hybridized carbons (Fsp3) is 0.538. The zero-order valence-electron chi connectivity index (χ0n) is 21.2. The van der Waals surface area contributed by atoms with Crippen molar-refractivity contribution in [2.45, 2.75) is 57.7 Å². The van der Waals surface area contributed by atoms with Gasteiger partial charge in [-0.05, 0) is 45.6 Å². The number of aromatic nitrogens is 4. The molecule has 3 aromatic heterocycles. The highest BCUT2D eigenvalue weighted by Gasteiger charge is 2.23. The molecule has 5 rings (SSSR count). The summed E-state index contributed by atoms with van der Waals surface area (Å²) in [5.41, 5.74) is 1.60. The van der Waals surface area contributed by atoms with Crippen LogP contribution in [0.5, 0.6) is 0 Å².